The van der Waals surface area contributed by atoms with Crippen molar-refractivity contribution in [3.8, 4) is 0 Å². The minimum atomic E-state index is -0.152. The van der Waals surface area contributed by atoms with E-state index in [0.717, 1.165) is 32.7 Å². The predicted molar refractivity (Wildman–Crippen MR) is 98.8 cm³/mol. The molecule has 0 aromatic carbocycles. The van der Waals surface area contributed by atoms with Crippen LogP contribution in [0.15, 0.2) is 46.7 Å². The van der Waals surface area contributed by atoms with Crippen molar-refractivity contribution in [1.82, 2.24) is 24.3 Å². The van der Waals surface area contributed by atoms with Crippen LogP contribution in [-0.2, 0) is 17.9 Å². The maximum Gasteiger partial charge on any atom is 0.254 e. The summed E-state index contributed by atoms with van der Waals surface area (Å²) in [6.45, 7) is 4.53. The third kappa shape index (κ3) is 3.66. The fraction of sp³-hybridized carbons (Fsp3) is 0.444. The molecule has 7 nitrogen and oxygen atoms in total. The Morgan fingerprint density at radius 3 is 2.65 bits per heavy atom. The summed E-state index contributed by atoms with van der Waals surface area (Å²) in [6.07, 6.45) is 5.15. The largest absolute Gasteiger partial charge is 0.340 e. The zero-order valence-electron chi connectivity index (χ0n) is 14.5. The summed E-state index contributed by atoms with van der Waals surface area (Å²) in [5.41, 5.74) is 1.16. The van der Waals surface area contributed by atoms with Gasteiger partial charge in [0, 0.05) is 69.7 Å². The van der Waals surface area contributed by atoms with Gasteiger partial charge in [-0.3, -0.25) is 24.0 Å². The fourth-order valence-electron chi connectivity index (χ4n) is 3.43. The van der Waals surface area contributed by atoms with Crippen LogP contribution in [0.4, 0.5) is 0 Å². The fourth-order valence-corrected chi connectivity index (χ4v) is 4.48. The van der Waals surface area contributed by atoms with Gasteiger partial charge in [-0.15, -0.1) is 0 Å². The van der Waals surface area contributed by atoms with E-state index in [0.29, 0.717) is 17.5 Å². The lowest BCUT2D eigenvalue weighted by Crippen LogP contribution is -2.51. The number of aromatic nitrogens is 3. The Hall–Kier alpha value is -2.19. The molecule has 1 saturated heterocycles. The highest BCUT2D eigenvalue weighted by Gasteiger charge is 2.31. The molecule has 2 aromatic heterocycles. The molecule has 8 heteroatoms. The van der Waals surface area contributed by atoms with Gasteiger partial charge < -0.3 is 4.90 Å². The van der Waals surface area contributed by atoms with Gasteiger partial charge in [-0.1, -0.05) is 11.8 Å². The van der Waals surface area contributed by atoms with Gasteiger partial charge in [0.2, 0.25) is 5.91 Å². The van der Waals surface area contributed by atoms with E-state index >= 15 is 0 Å². The van der Waals surface area contributed by atoms with Crippen LogP contribution in [0.2, 0.25) is 0 Å². The number of thioether (sulfide) groups is 1. The van der Waals surface area contributed by atoms with Crippen molar-refractivity contribution >= 4 is 17.7 Å². The van der Waals surface area contributed by atoms with Crippen LogP contribution in [0.5, 0.6) is 0 Å². The predicted octanol–water partition coefficient (Wildman–Crippen LogP) is 0.705. The zero-order valence-corrected chi connectivity index (χ0v) is 15.3. The van der Waals surface area contributed by atoms with Crippen molar-refractivity contribution in [3.05, 3.63) is 52.7 Å². The molecule has 0 radical (unpaired) electrons. The van der Waals surface area contributed by atoms with E-state index in [1.807, 2.05) is 29.4 Å². The van der Waals surface area contributed by atoms with Crippen LogP contribution in [0.25, 0.3) is 0 Å². The molecular weight excluding hydrogens is 350 g/mol. The number of nitrogens with zero attached hydrogens (tertiary/aromatic N) is 5. The van der Waals surface area contributed by atoms with E-state index in [4.69, 9.17) is 0 Å². The molecular formula is C18H21N5O2S. The monoisotopic (exact) mass is 371 g/mol. The van der Waals surface area contributed by atoms with Gasteiger partial charge in [0.15, 0.2) is 5.16 Å². The number of hydrogen-bond donors (Lipinski definition) is 0. The number of carbonyl (C=O) groups is 1. The highest BCUT2D eigenvalue weighted by Crippen LogP contribution is 2.26. The molecule has 1 amide bonds. The standard InChI is InChI=1S/C18H21N5O2S/c24-16-3-6-20-18-23(16)12-15(13-26-18)17(25)22-9-7-21(8-10-22)11-14-1-4-19-5-2-14/h1-6,15H,7-13H2. The quantitative estimate of drug-likeness (QED) is 0.740. The Labute approximate surface area is 156 Å². The molecule has 1 atom stereocenters. The Balaban J connectivity index is 1.34. The van der Waals surface area contributed by atoms with Crippen molar-refractivity contribution in [2.24, 2.45) is 5.92 Å². The molecule has 0 aliphatic carbocycles. The highest BCUT2D eigenvalue weighted by atomic mass is 32.2. The first-order chi connectivity index (χ1) is 12.7. The maximum absolute atomic E-state index is 12.9. The molecule has 4 rings (SSSR count). The summed E-state index contributed by atoms with van der Waals surface area (Å²) in [4.78, 5) is 37.5. The second kappa shape index (κ2) is 7.59. The SMILES string of the molecule is O=C(C1CSc2nccc(=O)n2C1)N1CCN(Cc2ccncc2)CC1. The van der Waals surface area contributed by atoms with Crippen LogP contribution < -0.4 is 5.56 Å². The number of fused-ring (bicyclic) bond motifs is 1. The number of rotatable bonds is 3. The molecule has 4 heterocycles. The first-order valence-electron chi connectivity index (χ1n) is 8.79. The minimum Gasteiger partial charge on any atom is -0.340 e. The third-order valence-corrected chi connectivity index (χ3v) is 6.06. The molecule has 1 fully saturated rings. The molecule has 2 aromatic rings. The summed E-state index contributed by atoms with van der Waals surface area (Å²) < 4.78 is 1.62. The van der Waals surface area contributed by atoms with Crippen molar-refractivity contribution in [2.75, 3.05) is 31.9 Å². The Bertz CT molecular complexity index is 833. The summed E-state index contributed by atoms with van der Waals surface area (Å²) in [6, 6.07) is 5.51. The molecule has 2 aliphatic rings. The van der Waals surface area contributed by atoms with Crippen LogP contribution in [0, 0.1) is 5.92 Å². The van der Waals surface area contributed by atoms with E-state index in [2.05, 4.69) is 14.9 Å². The molecule has 0 spiro atoms. The number of amides is 1. The Morgan fingerprint density at radius 1 is 1.12 bits per heavy atom. The summed E-state index contributed by atoms with van der Waals surface area (Å²) in [5.74, 6) is 0.690. The van der Waals surface area contributed by atoms with Crippen molar-refractivity contribution in [3.63, 3.8) is 0 Å². The molecule has 1 unspecified atom stereocenters. The van der Waals surface area contributed by atoms with Gasteiger partial charge in [-0.2, -0.15) is 0 Å². The lowest BCUT2D eigenvalue weighted by atomic mass is 10.1. The normalized spacial score (nSPS) is 20.6. The van der Waals surface area contributed by atoms with Crippen molar-refractivity contribution < 1.29 is 4.79 Å². The maximum atomic E-state index is 12.9. The number of hydrogen-bond acceptors (Lipinski definition) is 6. The van der Waals surface area contributed by atoms with E-state index in [-0.39, 0.29) is 17.4 Å². The average molecular weight is 371 g/mol. The van der Waals surface area contributed by atoms with Crippen LogP contribution in [-0.4, -0.2) is 62.2 Å². The first kappa shape index (κ1) is 17.2. The zero-order chi connectivity index (χ0) is 17.9. The lowest BCUT2D eigenvalue weighted by molar-refractivity contribution is -0.137. The minimum absolute atomic E-state index is 0.0813. The summed E-state index contributed by atoms with van der Waals surface area (Å²) in [5, 5.41) is 0.712. The molecule has 26 heavy (non-hydrogen) atoms. The molecule has 2 aliphatic heterocycles. The first-order valence-corrected chi connectivity index (χ1v) is 9.78. The van der Waals surface area contributed by atoms with Gasteiger partial charge in [-0.25, -0.2) is 4.98 Å². The number of carbonyl (C=O) groups excluding carboxylic acids is 1. The molecule has 136 valence electrons. The van der Waals surface area contributed by atoms with Crippen molar-refractivity contribution in [1.29, 1.82) is 0 Å². The van der Waals surface area contributed by atoms with E-state index in [1.165, 1.54) is 29.6 Å². The van der Waals surface area contributed by atoms with Gasteiger partial charge in [-0.05, 0) is 17.7 Å². The van der Waals surface area contributed by atoms with Crippen LogP contribution >= 0.6 is 11.8 Å². The van der Waals surface area contributed by atoms with Gasteiger partial charge in [0.1, 0.15) is 0 Å². The third-order valence-electron chi connectivity index (χ3n) is 4.90. The van der Waals surface area contributed by atoms with E-state index < -0.39 is 0 Å². The highest BCUT2D eigenvalue weighted by molar-refractivity contribution is 7.99. The second-order valence-electron chi connectivity index (χ2n) is 6.64. The van der Waals surface area contributed by atoms with E-state index in [9.17, 15) is 9.59 Å². The van der Waals surface area contributed by atoms with Gasteiger partial charge in [0.25, 0.3) is 5.56 Å². The Morgan fingerprint density at radius 2 is 1.88 bits per heavy atom. The summed E-state index contributed by atoms with van der Waals surface area (Å²) in [7, 11) is 0. The molecule has 0 N–H and O–H groups in total. The van der Waals surface area contributed by atoms with Gasteiger partial charge >= 0.3 is 0 Å². The van der Waals surface area contributed by atoms with Gasteiger partial charge in [0.05, 0.1) is 5.92 Å². The summed E-state index contributed by atoms with van der Waals surface area (Å²) >= 11 is 1.49. The van der Waals surface area contributed by atoms with Crippen LogP contribution in [0.1, 0.15) is 5.56 Å². The number of pyridine rings is 1. The second-order valence-corrected chi connectivity index (χ2v) is 7.63. The smallest absolute Gasteiger partial charge is 0.254 e. The van der Waals surface area contributed by atoms with Crippen molar-refractivity contribution in [2.45, 2.75) is 18.2 Å². The van der Waals surface area contributed by atoms with E-state index in [1.54, 1.807) is 4.57 Å². The Kier molecular flexibility index (Phi) is 5.03. The number of piperazine rings is 1. The average Bonchev–Trinajstić information content (AvgIpc) is 2.69. The topological polar surface area (TPSA) is 71.3 Å². The molecule has 0 bridgehead atoms. The van der Waals surface area contributed by atoms with Crippen LogP contribution in [0.3, 0.4) is 0 Å². The molecule has 0 saturated carbocycles. The lowest BCUT2D eigenvalue weighted by Gasteiger charge is -2.37.